The highest BCUT2D eigenvalue weighted by Crippen LogP contribution is 2.30. The largest absolute Gasteiger partial charge is 0.333 e. The summed E-state index contributed by atoms with van der Waals surface area (Å²) < 4.78 is 0. The van der Waals surface area contributed by atoms with Gasteiger partial charge in [-0.3, -0.25) is 4.79 Å². The molecule has 0 bridgehead atoms. The average molecular weight is 265 g/mol. The second-order valence-electron chi connectivity index (χ2n) is 5.67. The van der Waals surface area contributed by atoms with Crippen LogP contribution < -0.4 is 0 Å². The minimum absolute atomic E-state index is 0.208. The van der Waals surface area contributed by atoms with Gasteiger partial charge in [-0.2, -0.15) is 0 Å². The Balaban J connectivity index is 2.24. The molecule has 1 aliphatic carbocycles. The number of amides is 1. The smallest absolute Gasteiger partial charge is 0.264 e. The third-order valence-electron chi connectivity index (χ3n) is 3.55. The predicted molar refractivity (Wildman–Crippen MR) is 77.4 cm³/mol. The van der Waals surface area contributed by atoms with Crippen LogP contribution in [-0.4, -0.2) is 22.9 Å². The second kappa shape index (κ2) is 5.43. The summed E-state index contributed by atoms with van der Waals surface area (Å²) >= 11 is 1.72. The van der Waals surface area contributed by atoms with Crippen molar-refractivity contribution in [2.24, 2.45) is 0 Å². The molecule has 2 rings (SSSR count). The third kappa shape index (κ3) is 2.61. The third-order valence-corrected chi connectivity index (χ3v) is 4.78. The van der Waals surface area contributed by atoms with E-state index in [0.29, 0.717) is 0 Å². The minimum atomic E-state index is 0.208. The number of aryl methyl sites for hydroxylation is 2. The monoisotopic (exact) mass is 265 g/mol. The van der Waals surface area contributed by atoms with Crippen molar-refractivity contribution in [1.82, 2.24) is 4.90 Å². The number of hydrogen-bond donors (Lipinski definition) is 0. The topological polar surface area (TPSA) is 20.3 Å². The Bertz CT molecular complexity index is 402. The van der Waals surface area contributed by atoms with Gasteiger partial charge in [0.15, 0.2) is 0 Å². The summed E-state index contributed by atoms with van der Waals surface area (Å²) in [6.07, 6.45) is 4.87. The van der Waals surface area contributed by atoms with Crippen molar-refractivity contribution >= 4 is 17.2 Å². The van der Waals surface area contributed by atoms with E-state index in [1.54, 1.807) is 11.3 Å². The normalized spacial score (nSPS) is 15.0. The summed E-state index contributed by atoms with van der Waals surface area (Å²) in [4.78, 5) is 16.9. The average Bonchev–Trinajstić information content (AvgIpc) is 2.71. The van der Waals surface area contributed by atoms with Gasteiger partial charge in [0.25, 0.3) is 5.91 Å². The van der Waals surface area contributed by atoms with Crippen LogP contribution in [0, 0.1) is 0 Å². The highest BCUT2D eigenvalue weighted by atomic mass is 32.1. The van der Waals surface area contributed by atoms with Gasteiger partial charge in [0.2, 0.25) is 0 Å². The zero-order chi connectivity index (χ0) is 13.3. The Labute approximate surface area is 114 Å². The fourth-order valence-corrected chi connectivity index (χ4v) is 3.99. The van der Waals surface area contributed by atoms with E-state index in [2.05, 4.69) is 33.8 Å². The molecule has 0 unspecified atom stereocenters. The lowest BCUT2D eigenvalue weighted by molar-refractivity contribution is 0.0649. The van der Waals surface area contributed by atoms with E-state index in [1.165, 1.54) is 23.3 Å². The van der Waals surface area contributed by atoms with Crippen molar-refractivity contribution < 1.29 is 4.79 Å². The summed E-state index contributed by atoms with van der Waals surface area (Å²) in [6.45, 7) is 8.35. The highest BCUT2D eigenvalue weighted by Gasteiger charge is 2.24. The molecule has 100 valence electrons. The number of carbonyl (C=O) groups excluding carboxylic acids is 1. The Kier molecular flexibility index (Phi) is 4.10. The van der Waals surface area contributed by atoms with Crippen molar-refractivity contribution in [3.05, 3.63) is 21.4 Å². The van der Waals surface area contributed by atoms with E-state index in [4.69, 9.17) is 0 Å². The van der Waals surface area contributed by atoms with Gasteiger partial charge in [-0.15, -0.1) is 11.3 Å². The van der Waals surface area contributed by atoms with Gasteiger partial charge in [0.05, 0.1) is 4.88 Å². The number of fused-ring (bicyclic) bond motifs is 1. The molecule has 1 aromatic heterocycles. The molecular formula is C15H23NOS. The van der Waals surface area contributed by atoms with Crippen molar-refractivity contribution in [3.8, 4) is 0 Å². The van der Waals surface area contributed by atoms with Crippen LogP contribution in [-0.2, 0) is 12.8 Å². The summed E-state index contributed by atoms with van der Waals surface area (Å²) in [7, 11) is 0. The molecule has 0 aromatic carbocycles. The molecule has 3 heteroatoms. The van der Waals surface area contributed by atoms with E-state index < -0.39 is 0 Å². The van der Waals surface area contributed by atoms with Gasteiger partial charge < -0.3 is 4.90 Å². The Hall–Kier alpha value is -0.830. The first-order valence-electron chi connectivity index (χ1n) is 6.95. The molecule has 0 N–H and O–H groups in total. The van der Waals surface area contributed by atoms with Gasteiger partial charge in [-0.25, -0.2) is 0 Å². The molecule has 2 nitrogen and oxygen atoms in total. The van der Waals surface area contributed by atoms with Gasteiger partial charge >= 0.3 is 0 Å². The van der Waals surface area contributed by atoms with Crippen LogP contribution in [0.2, 0.25) is 0 Å². The number of nitrogens with zero attached hydrogens (tertiary/aromatic N) is 1. The number of hydrogen-bond acceptors (Lipinski definition) is 2. The maximum Gasteiger partial charge on any atom is 0.264 e. The van der Waals surface area contributed by atoms with E-state index in [0.717, 1.165) is 17.7 Å². The SMILES string of the molecule is CC(C)N(C(=O)c1cc2c(s1)CCCC2)C(C)C. The van der Waals surface area contributed by atoms with Crippen LogP contribution in [0.3, 0.4) is 0 Å². The van der Waals surface area contributed by atoms with E-state index in [9.17, 15) is 4.79 Å². The quantitative estimate of drug-likeness (QED) is 0.812. The van der Waals surface area contributed by atoms with Crippen LogP contribution in [0.4, 0.5) is 0 Å². The number of thiophene rings is 1. The molecule has 0 aliphatic heterocycles. The molecule has 18 heavy (non-hydrogen) atoms. The number of carbonyl (C=O) groups is 1. The molecule has 0 atom stereocenters. The van der Waals surface area contributed by atoms with Gasteiger partial charge in [0, 0.05) is 17.0 Å². The Morgan fingerprint density at radius 3 is 2.33 bits per heavy atom. The maximum absolute atomic E-state index is 12.6. The minimum Gasteiger partial charge on any atom is -0.333 e. The molecule has 0 fully saturated rings. The summed E-state index contributed by atoms with van der Waals surface area (Å²) in [5, 5.41) is 0. The summed E-state index contributed by atoms with van der Waals surface area (Å²) in [5.41, 5.74) is 1.42. The van der Waals surface area contributed by atoms with Crippen LogP contribution in [0.15, 0.2) is 6.07 Å². The first-order valence-corrected chi connectivity index (χ1v) is 7.76. The van der Waals surface area contributed by atoms with Crippen LogP contribution in [0.1, 0.15) is 60.6 Å². The highest BCUT2D eigenvalue weighted by molar-refractivity contribution is 7.14. The molecule has 1 heterocycles. The Morgan fingerprint density at radius 1 is 1.17 bits per heavy atom. The Morgan fingerprint density at radius 2 is 1.78 bits per heavy atom. The van der Waals surface area contributed by atoms with Crippen molar-refractivity contribution in [1.29, 1.82) is 0 Å². The van der Waals surface area contributed by atoms with Gasteiger partial charge in [0.1, 0.15) is 0 Å². The number of rotatable bonds is 3. The standard InChI is InChI=1S/C15H23NOS/c1-10(2)16(11(3)4)15(17)14-9-12-7-5-6-8-13(12)18-14/h9-11H,5-8H2,1-4H3. The zero-order valence-corrected chi connectivity index (χ0v) is 12.6. The molecule has 0 saturated carbocycles. The first kappa shape index (κ1) is 13.6. The van der Waals surface area contributed by atoms with Crippen LogP contribution in [0.25, 0.3) is 0 Å². The fourth-order valence-electron chi connectivity index (χ4n) is 2.79. The predicted octanol–water partition coefficient (Wildman–Crippen LogP) is 3.89. The summed E-state index contributed by atoms with van der Waals surface area (Å²) in [6, 6.07) is 2.66. The molecule has 1 aliphatic rings. The molecule has 0 spiro atoms. The van der Waals surface area contributed by atoms with Crippen LogP contribution in [0.5, 0.6) is 0 Å². The molecule has 0 saturated heterocycles. The van der Waals surface area contributed by atoms with Gasteiger partial charge in [-0.05, 0) is 65.0 Å². The first-order chi connectivity index (χ1) is 8.50. The van der Waals surface area contributed by atoms with Crippen molar-refractivity contribution in [3.63, 3.8) is 0 Å². The summed E-state index contributed by atoms with van der Waals surface area (Å²) in [5.74, 6) is 0.208. The maximum atomic E-state index is 12.6. The molecule has 1 amide bonds. The van der Waals surface area contributed by atoms with E-state index in [1.807, 2.05) is 4.90 Å². The fraction of sp³-hybridized carbons (Fsp3) is 0.667. The second-order valence-corrected chi connectivity index (χ2v) is 6.80. The lowest BCUT2D eigenvalue weighted by Crippen LogP contribution is -2.41. The molecule has 1 aromatic rings. The lowest BCUT2D eigenvalue weighted by atomic mass is 9.99. The van der Waals surface area contributed by atoms with Crippen LogP contribution >= 0.6 is 11.3 Å². The van der Waals surface area contributed by atoms with E-state index in [-0.39, 0.29) is 18.0 Å². The zero-order valence-electron chi connectivity index (χ0n) is 11.8. The molecular weight excluding hydrogens is 242 g/mol. The van der Waals surface area contributed by atoms with Crippen molar-refractivity contribution in [2.45, 2.75) is 65.5 Å². The van der Waals surface area contributed by atoms with Gasteiger partial charge in [-0.1, -0.05) is 0 Å². The molecule has 0 radical (unpaired) electrons. The van der Waals surface area contributed by atoms with E-state index >= 15 is 0 Å². The van der Waals surface area contributed by atoms with Crippen molar-refractivity contribution in [2.75, 3.05) is 0 Å². The lowest BCUT2D eigenvalue weighted by Gasteiger charge is -2.30.